The van der Waals surface area contributed by atoms with Crippen LogP contribution in [0.3, 0.4) is 0 Å². The summed E-state index contributed by atoms with van der Waals surface area (Å²) in [7, 11) is -1.94. The Balaban J connectivity index is 1.44. The number of pyridine rings is 1. The summed E-state index contributed by atoms with van der Waals surface area (Å²) in [6, 6.07) is 15.1. The average molecular weight is 479 g/mol. The summed E-state index contributed by atoms with van der Waals surface area (Å²) in [6.07, 6.45) is -0.295. The van der Waals surface area contributed by atoms with Gasteiger partial charge in [0.05, 0.1) is 28.0 Å². The number of hydrogen-bond donors (Lipinski definition) is 0. The van der Waals surface area contributed by atoms with E-state index in [2.05, 4.69) is 0 Å². The van der Waals surface area contributed by atoms with E-state index in [1.165, 1.54) is 14.9 Å². The third kappa shape index (κ3) is 4.36. The lowest BCUT2D eigenvalue weighted by atomic mass is 10.1. The minimum Gasteiger partial charge on any atom is -0.487 e. The second kappa shape index (κ2) is 8.31. The number of nitrogens with zero attached hydrogens (tertiary/aromatic N) is 2. The molecule has 0 saturated carbocycles. The zero-order valence-electron chi connectivity index (χ0n) is 16.9. The molecule has 4 rings (SSSR count). The summed E-state index contributed by atoms with van der Waals surface area (Å²) in [6.45, 7) is 2.27. The Morgan fingerprint density at radius 3 is 2.19 bits per heavy atom. The molecular weight excluding hydrogens is 459 g/mol. The lowest BCUT2D eigenvalue weighted by molar-refractivity contribution is 0.0759. The molecule has 2 aromatic carbocycles. The van der Waals surface area contributed by atoms with E-state index in [-0.39, 0.29) is 29.6 Å². The second-order valence-corrected chi connectivity index (χ2v) is 10.2. The van der Waals surface area contributed by atoms with Crippen LogP contribution < -0.4 is 10.3 Å². The normalized spacial score (nSPS) is 15.0. The Bertz CT molecular complexity index is 1300. The summed E-state index contributed by atoms with van der Waals surface area (Å²) < 4.78 is 34.4. The largest absolute Gasteiger partial charge is 0.487 e. The van der Waals surface area contributed by atoms with Crippen molar-refractivity contribution in [1.29, 1.82) is 0 Å². The Labute approximate surface area is 190 Å². The lowest BCUT2D eigenvalue weighted by Gasteiger charge is -2.37. The first kappa shape index (κ1) is 21.9. The van der Waals surface area contributed by atoms with Crippen molar-refractivity contribution in [2.45, 2.75) is 17.9 Å². The van der Waals surface area contributed by atoms with Gasteiger partial charge in [-0.15, -0.1) is 0 Å². The smallest absolute Gasteiger partial charge is 0.254 e. The predicted octanol–water partition coefficient (Wildman–Crippen LogP) is 4.12. The minimum absolute atomic E-state index is 0.166. The summed E-state index contributed by atoms with van der Waals surface area (Å²) in [5.41, 5.74) is 2.29. The van der Waals surface area contributed by atoms with Crippen LogP contribution in [-0.4, -0.2) is 36.5 Å². The van der Waals surface area contributed by atoms with Crippen LogP contribution in [0, 0.1) is 6.92 Å². The summed E-state index contributed by atoms with van der Waals surface area (Å²) >= 11 is 12.0. The van der Waals surface area contributed by atoms with Gasteiger partial charge in [0.15, 0.2) is 0 Å². The third-order valence-corrected chi connectivity index (χ3v) is 7.92. The van der Waals surface area contributed by atoms with Crippen molar-refractivity contribution < 1.29 is 13.2 Å². The van der Waals surface area contributed by atoms with Crippen LogP contribution in [-0.2, 0) is 17.1 Å². The molecule has 0 aliphatic carbocycles. The molecule has 0 radical (unpaired) electrons. The molecular formula is C22H20Cl2N2O4S. The zero-order chi connectivity index (χ0) is 22.3. The van der Waals surface area contributed by atoms with Gasteiger partial charge in [0.2, 0.25) is 10.0 Å². The third-order valence-electron chi connectivity index (χ3n) is 5.34. The predicted molar refractivity (Wildman–Crippen MR) is 121 cm³/mol. The van der Waals surface area contributed by atoms with Crippen LogP contribution >= 0.6 is 23.2 Å². The lowest BCUT2D eigenvalue weighted by Crippen LogP contribution is -2.56. The number of benzene rings is 2. The summed E-state index contributed by atoms with van der Waals surface area (Å²) in [5, 5.41) is 0.902. The first-order chi connectivity index (χ1) is 14.6. The molecule has 9 heteroatoms. The molecule has 1 aromatic heterocycles. The fraction of sp³-hybridized carbons (Fsp3) is 0.227. The highest BCUT2D eigenvalue weighted by molar-refractivity contribution is 7.89. The number of aryl methyl sites for hydroxylation is 1. The van der Waals surface area contributed by atoms with Crippen molar-refractivity contribution in [1.82, 2.24) is 8.87 Å². The molecule has 0 spiro atoms. The van der Waals surface area contributed by atoms with Gasteiger partial charge in [0, 0.05) is 18.8 Å². The molecule has 1 aliphatic rings. The summed E-state index contributed by atoms with van der Waals surface area (Å²) in [4.78, 5) is 12.1. The molecule has 31 heavy (non-hydrogen) atoms. The highest BCUT2D eigenvalue weighted by Crippen LogP contribution is 2.30. The first-order valence-corrected chi connectivity index (χ1v) is 11.7. The highest BCUT2D eigenvalue weighted by Gasteiger charge is 2.38. The second-order valence-electron chi connectivity index (χ2n) is 7.44. The van der Waals surface area contributed by atoms with Gasteiger partial charge in [-0.25, -0.2) is 8.42 Å². The van der Waals surface area contributed by atoms with E-state index in [1.807, 2.05) is 13.0 Å². The molecule has 0 atom stereocenters. The van der Waals surface area contributed by atoms with E-state index in [0.717, 1.165) is 16.8 Å². The van der Waals surface area contributed by atoms with Gasteiger partial charge >= 0.3 is 0 Å². The van der Waals surface area contributed by atoms with E-state index in [0.29, 0.717) is 15.8 Å². The minimum atomic E-state index is -3.62. The van der Waals surface area contributed by atoms with Gasteiger partial charge in [0.1, 0.15) is 11.9 Å². The molecule has 1 saturated heterocycles. The van der Waals surface area contributed by atoms with Gasteiger partial charge in [0.25, 0.3) is 5.56 Å². The Morgan fingerprint density at radius 1 is 0.935 bits per heavy atom. The molecule has 6 nitrogen and oxygen atoms in total. The number of hydrogen-bond acceptors (Lipinski definition) is 4. The van der Waals surface area contributed by atoms with E-state index >= 15 is 0 Å². The monoisotopic (exact) mass is 478 g/mol. The van der Waals surface area contributed by atoms with Crippen LogP contribution in [0.5, 0.6) is 5.75 Å². The number of aromatic nitrogens is 1. The summed E-state index contributed by atoms with van der Waals surface area (Å²) in [5.74, 6) is 0.452. The van der Waals surface area contributed by atoms with Crippen LogP contribution in [0.4, 0.5) is 0 Å². The average Bonchev–Trinajstić information content (AvgIpc) is 2.70. The molecule has 0 N–H and O–H groups in total. The standard InChI is InChI=1S/C22H20Cl2N2O4S/c1-14-9-17(11-22(27)25(14)2)30-18-12-26(13-18)31(28,29)19-6-3-15(4-7-19)16-5-8-20(23)21(24)10-16/h3-11,18H,12-13H2,1-2H3. The fourth-order valence-corrected chi connectivity index (χ4v) is 5.11. The van der Waals surface area contributed by atoms with Crippen molar-refractivity contribution in [3.8, 4) is 16.9 Å². The van der Waals surface area contributed by atoms with E-state index in [9.17, 15) is 13.2 Å². The van der Waals surface area contributed by atoms with Gasteiger partial charge < -0.3 is 9.30 Å². The van der Waals surface area contributed by atoms with E-state index in [1.54, 1.807) is 49.5 Å². The first-order valence-electron chi connectivity index (χ1n) is 9.55. The molecule has 2 heterocycles. The molecule has 0 unspecified atom stereocenters. The fourth-order valence-electron chi connectivity index (χ4n) is 3.31. The number of ether oxygens (including phenoxy) is 1. The molecule has 1 aliphatic heterocycles. The van der Waals surface area contributed by atoms with Gasteiger partial charge in [-0.1, -0.05) is 41.4 Å². The molecule has 162 valence electrons. The molecule has 1 fully saturated rings. The van der Waals surface area contributed by atoms with E-state index in [4.69, 9.17) is 27.9 Å². The van der Waals surface area contributed by atoms with Crippen LogP contribution in [0.2, 0.25) is 10.0 Å². The van der Waals surface area contributed by atoms with Crippen molar-refractivity contribution in [2.24, 2.45) is 7.05 Å². The van der Waals surface area contributed by atoms with Crippen molar-refractivity contribution in [2.75, 3.05) is 13.1 Å². The van der Waals surface area contributed by atoms with Crippen molar-refractivity contribution in [3.05, 3.63) is 80.7 Å². The van der Waals surface area contributed by atoms with Gasteiger partial charge in [-0.05, 0) is 48.4 Å². The number of sulfonamides is 1. The quantitative estimate of drug-likeness (QED) is 0.552. The Kier molecular flexibility index (Phi) is 5.87. The van der Waals surface area contributed by atoms with Crippen LogP contribution in [0.25, 0.3) is 11.1 Å². The maximum atomic E-state index is 12.9. The van der Waals surface area contributed by atoms with E-state index < -0.39 is 10.0 Å². The molecule has 0 amide bonds. The highest BCUT2D eigenvalue weighted by atomic mass is 35.5. The van der Waals surface area contributed by atoms with Crippen LogP contribution in [0.15, 0.2) is 64.3 Å². The van der Waals surface area contributed by atoms with Gasteiger partial charge in [-0.3, -0.25) is 4.79 Å². The zero-order valence-corrected chi connectivity index (χ0v) is 19.2. The maximum absolute atomic E-state index is 12.9. The number of rotatable bonds is 5. The maximum Gasteiger partial charge on any atom is 0.254 e. The molecule has 0 bridgehead atoms. The molecule has 3 aromatic rings. The Morgan fingerprint density at radius 2 is 1.58 bits per heavy atom. The Hall–Kier alpha value is -2.32. The van der Waals surface area contributed by atoms with Gasteiger partial charge in [-0.2, -0.15) is 4.31 Å². The van der Waals surface area contributed by atoms with Crippen molar-refractivity contribution >= 4 is 33.2 Å². The topological polar surface area (TPSA) is 68.6 Å². The SMILES string of the molecule is Cc1cc(OC2CN(S(=O)(=O)c3ccc(-c4ccc(Cl)c(Cl)c4)cc3)C2)cc(=O)n1C. The van der Waals surface area contributed by atoms with Crippen molar-refractivity contribution in [3.63, 3.8) is 0 Å². The van der Waals surface area contributed by atoms with Crippen LogP contribution in [0.1, 0.15) is 5.69 Å². The number of halogens is 2.